The normalized spacial score (nSPS) is 15.0. The highest BCUT2D eigenvalue weighted by Gasteiger charge is 2.28. The number of piperidine rings is 1. The molecule has 1 amide bonds. The van der Waals surface area contributed by atoms with Crippen LogP contribution in [-0.4, -0.2) is 62.4 Å². The van der Waals surface area contributed by atoms with Crippen molar-refractivity contribution >= 4 is 23.6 Å². The first-order valence-electron chi connectivity index (χ1n) is 8.70. The van der Waals surface area contributed by atoms with Gasteiger partial charge in [0.05, 0.1) is 24.0 Å². The highest BCUT2D eigenvalue weighted by Crippen LogP contribution is 2.22. The molecule has 0 N–H and O–H groups in total. The van der Waals surface area contributed by atoms with Gasteiger partial charge in [-0.25, -0.2) is 4.39 Å². The van der Waals surface area contributed by atoms with Crippen molar-refractivity contribution < 1.29 is 18.7 Å². The number of aromatic nitrogens is 4. The molecule has 27 heavy (non-hydrogen) atoms. The van der Waals surface area contributed by atoms with Crippen molar-refractivity contribution in [1.29, 1.82) is 0 Å². The van der Waals surface area contributed by atoms with Gasteiger partial charge in [0.25, 0.3) is 0 Å². The third-order valence-corrected chi connectivity index (χ3v) is 5.19. The van der Waals surface area contributed by atoms with Gasteiger partial charge in [-0.15, -0.1) is 5.10 Å². The average molecular weight is 393 g/mol. The Hall–Kier alpha value is -2.49. The summed E-state index contributed by atoms with van der Waals surface area (Å²) in [4.78, 5) is 26.0. The van der Waals surface area contributed by atoms with E-state index in [1.165, 1.54) is 28.6 Å². The molecule has 1 aromatic heterocycles. The third kappa shape index (κ3) is 4.82. The Morgan fingerprint density at radius 1 is 1.33 bits per heavy atom. The summed E-state index contributed by atoms with van der Waals surface area (Å²) in [5, 5.41) is 11.8. The SMILES string of the molecule is CCOC(=O)C1CCN(C(=O)CSc2nnnn2-c2cccc(F)c2)CC1. The van der Waals surface area contributed by atoms with E-state index in [2.05, 4.69) is 15.5 Å². The minimum atomic E-state index is -0.389. The van der Waals surface area contributed by atoms with E-state index in [1.807, 2.05) is 0 Å². The lowest BCUT2D eigenvalue weighted by Gasteiger charge is -2.30. The van der Waals surface area contributed by atoms with E-state index in [9.17, 15) is 14.0 Å². The maximum atomic E-state index is 13.4. The van der Waals surface area contributed by atoms with Gasteiger partial charge in [0.15, 0.2) is 0 Å². The summed E-state index contributed by atoms with van der Waals surface area (Å²) in [6.07, 6.45) is 1.21. The van der Waals surface area contributed by atoms with Crippen LogP contribution < -0.4 is 0 Å². The minimum absolute atomic E-state index is 0.0453. The average Bonchev–Trinajstić information content (AvgIpc) is 3.15. The van der Waals surface area contributed by atoms with Crippen molar-refractivity contribution in [3.8, 4) is 5.69 Å². The van der Waals surface area contributed by atoms with Crippen LogP contribution in [0.25, 0.3) is 5.69 Å². The molecule has 1 saturated heterocycles. The second-order valence-electron chi connectivity index (χ2n) is 6.05. The maximum absolute atomic E-state index is 13.4. The molecule has 2 heterocycles. The molecule has 3 rings (SSSR count). The molecule has 0 radical (unpaired) electrons. The molecule has 0 spiro atoms. The first-order chi connectivity index (χ1) is 13.1. The van der Waals surface area contributed by atoms with E-state index in [0.717, 1.165) is 0 Å². The van der Waals surface area contributed by atoms with Gasteiger partial charge < -0.3 is 9.64 Å². The Labute approximate surface area is 160 Å². The number of halogens is 1. The monoisotopic (exact) mass is 393 g/mol. The van der Waals surface area contributed by atoms with E-state index < -0.39 is 0 Å². The van der Waals surface area contributed by atoms with Gasteiger partial charge in [0.1, 0.15) is 5.82 Å². The smallest absolute Gasteiger partial charge is 0.309 e. The van der Waals surface area contributed by atoms with E-state index >= 15 is 0 Å². The molecule has 0 bridgehead atoms. The molecule has 0 saturated carbocycles. The number of likely N-dealkylation sites (tertiary alicyclic amines) is 1. The van der Waals surface area contributed by atoms with E-state index in [1.54, 1.807) is 24.0 Å². The number of rotatable bonds is 6. The molecule has 0 atom stereocenters. The molecule has 8 nitrogen and oxygen atoms in total. The summed E-state index contributed by atoms with van der Waals surface area (Å²) in [6.45, 7) is 3.20. The molecule has 1 aliphatic rings. The predicted octanol–water partition coefficient (Wildman–Crippen LogP) is 1.70. The minimum Gasteiger partial charge on any atom is -0.466 e. The van der Waals surface area contributed by atoms with Crippen molar-refractivity contribution in [1.82, 2.24) is 25.1 Å². The highest BCUT2D eigenvalue weighted by atomic mass is 32.2. The Bertz CT molecular complexity index is 807. The summed E-state index contributed by atoms with van der Waals surface area (Å²) in [7, 11) is 0. The lowest BCUT2D eigenvalue weighted by molar-refractivity contribution is -0.151. The largest absolute Gasteiger partial charge is 0.466 e. The Morgan fingerprint density at radius 3 is 2.81 bits per heavy atom. The van der Waals surface area contributed by atoms with Crippen molar-refractivity contribution in [2.75, 3.05) is 25.4 Å². The molecule has 1 aromatic carbocycles. The first-order valence-corrected chi connectivity index (χ1v) is 9.68. The molecular weight excluding hydrogens is 373 g/mol. The zero-order valence-electron chi connectivity index (χ0n) is 14.9. The van der Waals surface area contributed by atoms with Gasteiger partial charge in [-0.1, -0.05) is 17.8 Å². The number of amides is 1. The molecule has 1 aliphatic heterocycles. The fourth-order valence-corrected chi connectivity index (χ4v) is 3.67. The number of carbonyl (C=O) groups excluding carboxylic acids is 2. The standard InChI is InChI=1S/C17H20FN5O3S/c1-2-26-16(25)12-6-8-22(9-7-12)15(24)11-27-17-19-20-21-23(17)14-5-3-4-13(18)10-14/h3-5,10,12H,2,6-9,11H2,1H3. The number of hydrogen-bond donors (Lipinski definition) is 0. The van der Waals surface area contributed by atoms with Crippen LogP contribution in [0.4, 0.5) is 4.39 Å². The molecular formula is C17H20FN5O3S. The van der Waals surface area contributed by atoms with Crippen LogP contribution in [0.5, 0.6) is 0 Å². The quantitative estimate of drug-likeness (QED) is 0.545. The van der Waals surface area contributed by atoms with Crippen molar-refractivity contribution in [3.05, 3.63) is 30.1 Å². The zero-order chi connectivity index (χ0) is 19.2. The van der Waals surface area contributed by atoms with E-state index in [-0.39, 0.29) is 29.4 Å². The predicted molar refractivity (Wildman–Crippen MR) is 95.8 cm³/mol. The third-order valence-electron chi connectivity index (χ3n) is 4.29. The van der Waals surface area contributed by atoms with Crippen LogP contribution in [0, 0.1) is 11.7 Å². The topological polar surface area (TPSA) is 90.2 Å². The number of ether oxygens (including phenoxy) is 1. The van der Waals surface area contributed by atoms with Crippen LogP contribution >= 0.6 is 11.8 Å². The number of esters is 1. The second kappa shape index (κ2) is 8.94. The number of thioether (sulfide) groups is 1. The number of carbonyl (C=O) groups is 2. The fraction of sp³-hybridized carbons (Fsp3) is 0.471. The van der Waals surface area contributed by atoms with Gasteiger partial charge in [0.2, 0.25) is 11.1 Å². The number of tetrazole rings is 1. The first kappa shape index (κ1) is 19.3. The molecule has 10 heteroatoms. The van der Waals surface area contributed by atoms with Gasteiger partial charge in [-0.2, -0.15) is 4.68 Å². The molecule has 1 fully saturated rings. The highest BCUT2D eigenvalue weighted by molar-refractivity contribution is 7.99. The Kier molecular flexibility index (Phi) is 6.38. The van der Waals surface area contributed by atoms with Crippen molar-refractivity contribution in [2.45, 2.75) is 24.9 Å². The summed E-state index contributed by atoms with van der Waals surface area (Å²) >= 11 is 1.19. The fourth-order valence-electron chi connectivity index (χ4n) is 2.88. The van der Waals surface area contributed by atoms with E-state index in [0.29, 0.717) is 43.4 Å². The van der Waals surface area contributed by atoms with Crippen LogP contribution in [0.3, 0.4) is 0 Å². The Morgan fingerprint density at radius 2 is 2.11 bits per heavy atom. The van der Waals surface area contributed by atoms with Crippen LogP contribution in [0.2, 0.25) is 0 Å². The number of benzene rings is 1. The molecule has 0 unspecified atom stereocenters. The lowest BCUT2D eigenvalue weighted by Crippen LogP contribution is -2.41. The van der Waals surface area contributed by atoms with Gasteiger partial charge in [-0.3, -0.25) is 9.59 Å². The summed E-state index contributed by atoms with van der Waals surface area (Å²) in [5.41, 5.74) is 0.491. The summed E-state index contributed by atoms with van der Waals surface area (Å²) < 4.78 is 19.8. The van der Waals surface area contributed by atoms with Crippen LogP contribution in [0.1, 0.15) is 19.8 Å². The van der Waals surface area contributed by atoms with Crippen molar-refractivity contribution in [3.63, 3.8) is 0 Å². The van der Waals surface area contributed by atoms with Gasteiger partial charge in [-0.05, 0) is 48.4 Å². The number of hydrogen-bond acceptors (Lipinski definition) is 7. The van der Waals surface area contributed by atoms with Crippen LogP contribution in [0.15, 0.2) is 29.4 Å². The van der Waals surface area contributed by atoms with Gasteiger partial charge in [0, 0.05) is 13.1 Å². The molecule has 2 aromatic rings. The molecule has 0 aliphatic carbocycles. The maximum Gasteiger partial charge on any atom is 0.309 e. The summed E-state index contributed by atoms with van der Waals surface area (Å²) in [6, 6.07) is 5.91. The zero-order valence-corrected chi connectivity index (χ0v) is 15.7. The Balaban J connectivity index is 1.54. The summed E-state index contributed by atoms with van der Waals surface area (Å²) in [5.74, 6) is -0.592. The molecule has 144 valence electrons. The van der Waals surface area contributed by atoms with Crippen LogP contribution in [-0.2, 0) is 14.3 Å². The second-order valence-corrected chi connectivity index (χ2v) is 6.99. The van der Waals surface area contributed by atoms with Crippen molar-refractivity contribution in [2.24, 2.45) is 5.92 Å². The number of nitrogens with zero attached hydrogens (tertiary/aromatic N) is 5. The van der Waals surface area contributed by atoms with Gasteiger partial charge >= 0.3 is 5.97 Å². The van der Waals surface area contributed by atoms with E-state index in [4.69, 9.17) is 4.74 Å². The lowest BCUT2D eigenvalue weighted by atomic mass is 9.97.